The van der Waals surface area contributed by atoms with E-state index in [1.807, 2.05) is 35.0 Å². The Bertz CT molecular complexity index is 901. The maximum absolute atomic E-state index is 9.09. The molecule has 0 saturated heterocycles. The number of fused-ring (bicyclic) bond motifs is 3. The van der Waals surface area contributed by atoms with Crippen LogP contribution >= 0.6 is 11.6 Å². The van der Waals surface area contributed by atoms with Crippen LogP contribution in [0.15, 0.2) is 48.5 Å². The molecule has 1 aromatic heterocycles. The minimum absolute atomic E-state index is 0.254. The smallest absolute Gasteiger partial charge is 0.128 e. The van der Waals surface area contributed by atoms with E-state index in [1.165, 1.54) is 16.7 Å². The third-order valence-electron chi connectivity index (χ3n) is 4.03. The van der Waals surface area contributed by atoms with Crippen LogP contribution in [0.25, 0.3) is 22.5 Å². The van der Waals surface area contributed by atoms with E-state index in [9.17, 15) is 0 Å². The Labute approximate surface area is 133 Å². The van der Waals surface area contributed by atoms with Crippen LogP contribution < -0.4 is 0 Å². The van der Waals surface area contributed by atoms with Crippen molar-refractivity contribution in [1.29, 1.82) is 5.26 Å². The van der Waals surface area contributed by atoms with Crippen LogP contribution in [0.1, 0.15) is 11.1 Å². The van der Waals surface area contributed by atoms with Gasteiger partial charge in [0.2, 0.25) is 0 Å². The van der Waals surface area contributed by atoms with Crippen molar-refractivity contribution in [2.45, 2.75) is 13.0 Å². The number of benzene rings is 2. The van der Waals surface area contributed by atoms with Gasteiger partial charge in [0.15, 0.2) is 0 Å². The van der Waals surface area contributed by atoms with E-state index in [2.05, 4.69) is 29.4 Å². The van der Waals surface area contributed by atoms with Gasteiger partial charge in [-0.3, -0.25) is 0 Å². The van der Waals surface area contributed by atoms with Gasteiger partial charge in [0.25, 0.3) is 0 Å². The Kier molecular flexibility index (Phi) is 2.99. The minimum Gasteiger partial charge on any atom is -0.250 e. The molecule has 106 valence electrons. The number of hydrogen-bond donors (Lipinski definition) is 0. The molecule has 1 aliphatic carbocycles. The molecule has 0 fully saturated rings. The largest absolute Gasteiger partial charge is 0.250 e. The van der Waals surface area contributed by atoms with Crippen molar-refractivity contribution in [3.05, 3.63) is 64.7 Å². The van der Waals surface area contributed by atoms with Gasteiger partial charge in [-0.2, -0.15) is 10.4 Å². The first-order valence-corrected chi connectivity index (χ1v) is 7.46. The lowest BCUT2D eigenvalue weighted by Crippen LogP contribution is -2.00. The highest BCUT2D eigenvalue weighted by Crippen LogP contribution is 2.41. The average molecular weight is 306 g/mol. The summed E-state index contributed by atoms with van der Waals surface area (Å²) >= 11 is 5.98. The summed E-state index contributed by atoms with van der Waals surface area (Å²) in [6, 6.07) is 18.2. The summed E-state index contributed by atoms with van der Waals surface area (Å²) in [6.07, 6.45) is 0.856. The molecule has 0 radical (unpaired) electrons. The SMILES string of the molecule is N#CCn1nc(-c2ccc(Cl)cc2)c2c1-c1ccccc1C2. The van der Waals surface area contributed by atoms with Crippen molar-refractivity contribution in [1.82, 2.24) is 9.78 Å². The molecular weight excluding hydrogens is 294 g/mol. The molecule has 0 saturated carbocycles. The molecule has 0 unspecified atom stereocenters. The van der Waals surface area contributed by atoms with Gasteiger partial charge in [-0.15, -0.1) is 0 Å². The van der Waals surface area contributed by atoms with Gasteiger partial charge >= 0.3 is 0 Å². The van der Waals surface area contributed by atoms with Crippen LogP contribution in [-0.4, -0.2) is 9.78 Å². The van der Waals surface area contributed by atoms with Gasteiger partial charge in [-0.05, 0) is 17.7 Å². The van der Waals surface area contributed by atoms with Crippen molar-refractivity contribution >= 4 is 11.6 Å². The fourth-order valence-corrected chi connectivity index (χ4v) is 3.21. The highest BCUT2D eigenvalue weighted by molar-refractivity contribution is 6.30. The highest BCUT2D eigenvalue weighted by atomic mass is 35.5. The van der Waals surface area contributed by atoms with E-state index in [4.69, 9.17) is 16.9 Å². The number of nitrogens with zero attached hydrogens (tertiary/aromatic N) is 3. The second-order valence-electron chi connectivity index (χ2n) is 5.33. The first kappa shape index (κ1) is 13.1. The monoisotopic (exact) mass is 305 g/mol. The Morgan fingerprint density at radius 2 is 1.91 bits per heavy atom. The van der Waals surface area contributed by atoms with E-state index in [0.29, 0.717) is 5.02 Å². The normalized spacial score (nSPS) is 11.8. The highest BCUT2D eigenvalue weighted by Gasteiger charge is 2.27. The van der Waals surface area contributed by atoms with Gasteiger partial charge in [0.1, 0.15) is 6.54 Å². The lowest BCUT2D eigenvalue weighted by molar-refractivity contribution is 0.720. The van der Waals surface area contributed by atoms with Gasteiger partial charge < -0.3 is 0 Å². The summed E-state index contributed by atoms with van der Waals surface area (Å²) in [4.78, 5) is 0. The standard InChI is InChI=1S/C18H12ClN3/c19-14-7-5-12(6-8-14)17-16-11-13-3-1-2-4-15(13)18(16)22(21-17)10-9-20/h1-8H,10-11H2. The van der Waals surface area contributed by atoms with Crippen LogP contribution in [0, 0.1) is 11.3 Å². The first-order valence-electron chi connectivity index (χ1n) is 7.09. The van der Waals surface area contributed by atoms with Crippen LogP contribution in [0.4, 0.5) is 0 Å². The fraction of sp³-hybridized carbons (Fsp3) is 0.111. The van der Waals surface area contributed by atoms with Crippen LogP contribution in [0.2, 0.25) is 5.02 Å². The summed E-state index contributed by atoms with van der Waals surface area (Å²) in [5, 5.41) is 14.5. The predicted octanol–water partition coefficient (Wildman–Crippen LogP) is 4.30. The fourth-order valence-electron chi connectivity index (χ4n) is 3.09. The summed E-state index contributed by atoms with van der Waals surface area (Å²) in [7, 11) is 0. The Morgan fingerprint density at radius 3 is 2.68 bits per heavy atom. The molecule has 1 aliphatic rings. The molecule has 4 rings (SSSR count). The zero-order chi connectivity index (χ0) is 15.1. The van der Waals surface area contributed by atoms with Gasteiger partial charge in [0, 0.05) is 28.1 Å². The van der Waals surface area contributed by atoms with Crippen LogP contribution in [0.3, 0.4) is 0 Å². The second kappa shape index (κ2) is 5.01. The second-order valence-corrected chi connectivity index (χ2v) is 5.77. The van der Waals surface area contributed by atoms with Crippen LogP contribution in [0.5, 0.6) is 0 Å². The molecule has 0 aliphatic heterocycles. The Balaban J connectivity index is 1.93. The molecule has 0 bridgehead atoms. The molecule has 3 aromatic rings. The van der Waals surface area contributed by atoms with Crippen molar-refractivity contribution in [3.63, 3.8) is 0 Å². The Morgan fingerprint density at radius 1 is 1.14 bits per heavy atom. The molecule has 0 amide bonds. The zero-order valence-electron chi connectivity index (χ0n) is 11.8. The maximum Gasteiger partial charge on any atom is 0.128 e. The summed E-state index contributed by atoms with van der Waals surface area (Å²) in [5.41, 5.74) is 6.71. The maximum atomic E-state index is 9.09. The van der Waals surface area contributed by atoms with Crippen molar-refractivity contribution < 1.29 is 0 Å². The number of aromatic nitrogens is 2. The van der Waals surface area contributed by atoms with Gasteiger partial charge in [0.05, 0.1) is 17.5 Å². The van der Waals surface area contributed by atoms with Crippen molar-refractivity contribution in [3.8, 4) is 28.6 Å². The van der Waals surface area contributed by atoms with E-state index >= 15 is 0 Å². The molecule has 0 spiro atoms. The van der Waals surface area contributed by atoms with E-state index in [1.54, 1.807) is 0 Å². The van der Waals surface area contributed by atoms with Gasteiger partial charge in [-0.25, -0.2) is 4.68 Å². The topological polar surface area (TPSA) is 41.6 Å². The minimum atomic E-state index is 0.254. The Hall–Kier alpha value is -2.57. The van der Waals surface area contributed by atoms with Crippen LogP contribution in [-0.2, 0) is 13.0 Å². The number of rotatable bonds is 2. The molecule has 4 heteroatoms. The molecule has 22 heavy (non-hydrogen) atoms. The molecule has 0 N–H and O–H groups in total. The van der Waals surface area contributed by atoms with Crippen molar-refractivity contribution in [2.24, 2.45) is 0 Å². The van der Waals surface area contributed by atoms with E-state index in [0.717, 1.165) is 23.4 Å². The summed E-state index contributed by atoms with van der Waals surface area (Å²) < 4.78 is 1.81. The quantitative estimate of drug-likeness (QED) is 0.554. The number of hydrogen-bond acceptors (Lipinski definition) is 2. The zero-order valence-corrected chi connectivity index (χ0v) is 12.5. The van der Waals surface area contributed by atoms with E-state index in [-0.39, 0.29) is 6.54 Å². The predicted molar refractivity (Wildman–Crippen MR) is 86.5 cm³/mol. The average Bonchev–Trinajstić information content (AvgIpc) is 3.07. The number of halogens is 1. The first-order chi connectivity index (χ1) is 10.8. The lowest BCUT2D eigenvalue weighted by atomic mass is 10.1. The summed E-state index contributed by atoms with van der Waals surface area (Å²) in [6.45, 7) is 0.254. The third kappa shape index (κ3) is 1.93. The van der Waals surface area contributed by atoms with E-state index < -0.39 is 0 Å². The lowest BCUT2D eigenvalue weighted by Gasteiger charge is -2.03. The molecular formula is C18H12ClN3. The number of nitriles is 1. The summed E-state index contributed by atoms with van der Waals surface area (Å²) in [5.74, 6) is 0. The molecule has 0 atom stereocenters. The van der Waals surface area contributed by atoms with Crippen molar-refractivity contribution in [2.75, 3.05) is 0 Å². The molecule has 1 heterocycles. The van der Waals surface area contributed by atoms with Gasteiger partial charge in [-0.1, -0.05) is 48.0 Å². The third-order valence-corrected chi connectivity index (χ3v) is 4.28. The molecule has 2 aromatic carbocycles. The molecule has 3 nitrogen and oxygen atoms in total.